The van der Waals surface area contributed by atoms with E-state index in [-0.39, 0.29) is 23.4 Å². The number of aryl methyl sites for hydroxylation is 1. The summed E-state index contributed by atoms with van der Waals surface area (Å²) >= 11 is 0. The smallest absolute Gasteiger partial charge is 0.289 e. The average Bonchev–Trinajstić information content (AvgIpc) is 3.36. The zero-order valence-electron chi connectivity index (χ0n) is 24.3. The van der Waals surface area contributed by atoms with Crippen LogP contribution in [0.15, 0.2) is 64.4 Å². The zero-order chi connectivity index (χ0) is 31.6. The third-order valence-electron chi connectivity index (χ3n) is 7.36. The number of nitrogens with zero attached hydrogens (tertiary/aromatic N) is 4. The zero-order valence-corrected chi connectivity index (χ0v) is 25.1. The Kier molecular flexibility index (Phi) is 8.51. The van der Waals surface area contributed by atoms with E-state index in [1.165, 1.54) is 46.6 Å². The first-order valence-electron chi connectivity index (χ1n) is 13.3. The molecule has 0 radical (unpaired) electrons. The van der Waals surface area contributed by atoms with E-state index >= 15 is 0 Å². The summed E-state index contributed by atoms with van der Waals surface area (Å²) in [4.78, 5) is 23.3. The summed E-state index contributed by atoms with van der Waals surface area (Å²) in [6, 6.07) is 11.3. The van der Waals surface area contributed by atoms with Gasteiger partial charge in [-0.25, -0.2) is 17.8 Å². The van der Waals surface area contributed by atoms with Gasteiger partial charge in [0.05, 0.1) is 57.8 Å². The minimum Gasteiger partial charge on any atom is -0.493 e. The van der Waals surface area contributed by atoms with Gasteiger partial charge in [-0.3, -0.25) is 14.9 Å². The van der Waals surface area contributed by atoms with Crippen molar-refractivity contribution in [3.63, 3.8) is 0 Å². The molecule has 44 heavy (non-hydrogen) atoms. The predicted octanol–water partition coefficient (Wildman–Crippen LogP) is 3.26. The van der Waals surface area contributed by atoms with E-state index in [0.29, 0.717) is 41.2 Å². The Labute approximate surface area is 252 Å². The van der Waals surface area contributed by atoms with Crippen molar-refractivity contribution in [3.05, 3.63) is 91.9 Å². The third kappa shape index (κ3) is 5.54. The Bertz CT molecular complexity index is 1910. The van der Waals surface area contributed by atoms with E-state index in [0.717, 1.165) is 23.3 Å². The van der Waals surface area contributed by atoms with Gasteiger partial charge < -0.3 is 18.9 Å². The monoisotopic (exact) mass is 623 g/mol. The summed E-state index contributed by atoms with van der Waals surface area (Å²) in [5, 5.41) is 19.8. The molecule has 3 aromatic carbocycles. The molecule has 5 rings (SSSR count). The summed E-state index contributed by atoms with van der Waals surface area (Å²) in [7, 11) is 1.74. The number of rotatable bonds is 10. The first kappa shape index (κ1) is 30.4. The number of nitro benzene ring substituents is 1. The largest absolute Gasteiger partial charge is 0.493 e. The third-order valence-corrected chi connectivity index (χ3v) is 8.81. The maximum Gasteiger partial charge on any atom is 0.289 e. The van der Waals surface area contributed by atoms with Gasteiger partial charge >= 0.3 is 0 Å². The van der Waals surface area contributed by atoms with Gasteiger partial charge in [-0.2, -0.15) is 0 Å². The predicted molar refractivity (Wildman–Crippen MR) is 158 cm³/mol. The van der Waals surface area contributed by atoms with Gasteiger partial charge in [0.15, 0.2) is 22.1 Å². The van der Waals surface area contributed by atoms with Crippen LogP contribution < -0.4 is 29.1 Å². The Morgan fingerprint density at radius 1 is 1.00 bits per heavy atom. The van der Waals surface area contributed by atoms with E-state index in [9.17, 15) is 23.3 Å². The topological polar surface area (TPSA) is 174 Å². The van der Waals surface area contributed by atoms with Crippen LogP contribution in [-0.2, 0) is 23.0 Å². The lowest BCUT2D eigenvalue weighted by molar-refractivity contribution is -0.387. The van der Waals surface area contributed by atoms with Crippen LogP contribution in [0.3, 0.4) is 0 Å². The van der Waals surface area contributed by atoms with Gasteiger partial charge in [-0.1, -0.05) is 23.4 Å². The summed E-state index contributed by atoms with van der Waals surface area (Å²) in [5.74, 6) is 1.46. The second-order valence-corrected chi connectivity index (χ2v) is 11.5. The van der Waals surface area contributed by atoms with Crippen molar-refractivity contribution in [2.75, 3.05) is 28.4 Å². The lowest BCUT2D eigenvalue weighted by Gasteiger charge is -2.19. The van der Waals surface area contributed by atoms with Crippen molar-refractivity contribution >= 4 is 15.7 Å². The highest BCUT2D eigenvalue weighted by Crippen LogP contribution is 2.50. The van der Waals surface area contributed by atoms with Gasteiger partial charge in [0.1, 0.15) is 0 Å². The molecule has 0 fully saturated rings. The van der Waals surface area contributed by atoms with E-state index in [1.54, 1.807) is 23.0 Å². The van der Waals surface area contributed by atoms with Gasteiger partial charge in [0, 0.05) is 11.6 Å². The van der Waals surface area contributed by atoms with Crippen molar-refractivity contribution < 1.29 is 32.3 Å². The Balaban J connectivity index is 1.57. The molecule has 230 valence electrons. The highest BCUT2D eigenvalue weighted by molar-refractivity contribution is 7.89. The van der Waals surface area contributed by atoms with E-state index in [4.69, 9.17) is 18.9 Å². The number of hydrogen-bond acceptors (Lipinski definition) is 11. The molecule has 0 bridgehead atoms. The van der Waals surface area contributed by atoms with Gasteiger partial charge in [-0.05, 0) is 53.8 Å². The van der Waals surface area contributed by atoms with Gasteiger partial charge in [-0.15, -0.1) is 5.10 Å². The number of benzene rings is 2. The normalized spacial score (nSPS) is 14.1. The quantitative estimate of drug-likeness (QED) is 0.203. The minimum atomic E-state index is -4.25. The number of nitro groups is 1. The second-order valence-electron chi connectivity index (χ2n) is 9.75. The fourth-order valence-electron chi connectivity index (χ4n) is 5.35. The Morgan fingerprint density at radius 2 is 1.73 bits per heavy atom. The molecule has 0 aliphatic heterocycles. The lowest BCUT2D eigenvalue weighted by Crippen LogP contribution is -2.24. The summed E-state index contributed by atoms with van der Waals surface area (Å²) in [5.41, 5.74) is 2.26. The van der Waals surface area contributed by atoms with Gasteiger partial charge in [0.2, 0.25) is 21.2 Å². The van der Waals surface area contributed by atoms with Crippen molar-refractivity contribution in [2.24, 2.45) is 0 Å². The Morgan fingerprint density at radius 3 is 2.41 bits per heavy atom. The maximum atomic E-state index is 13.2. The molecule has 1 aliphatic carbocycles. The summed E-state index contributed by atoms with van der Waals surface area (Å²) in [6.45, 7) is -0.278. The highest BCUT2D eigenvalue weighted by Gasteiger charge is 2.31. The molecule has 1 atom stereocenters. The van der Waals surface area contributed by atoms with E-state index < -0.39 is 31.6 Å². The molecule has 14 nitrogen and oxygen atoms in total. The molecule has 0 saturated heterocycles. The molecule has 0 amide bonds. The van der Waals surface area contributed by atoms with Crippen molar-refractivity contribution in [1.29, 1.82) is 0 Å². The van der Waals surface area contributed by atoms with Crippen molar-refractivity contribution in [2.45, 2.75) is 30.3 Å². The number of hydrogen-bond donors (Lipinski definition) is 1. The number of ether oxygens (including phenoxy) is 4. The van der Waals surface area contributed by atoms with Gasteiger partial charge in [0.25, 0.3) is 5.69 Å². The fourth-order valence-corrected chi connectivity index (χ4v) is 6.52. The van der Waals surface area contributed by atoms with E-state index in [1.807, 2.05) is 6.07 Å². The molecule has 1 heterocycles. The van der Waals surface area contributed by atoms with E-state index in [2.05, 4.69) is 15.0 Å². The molecule has 1 N–H and O–H groups in total. The molecule has 0 unspecified atom stereocenters. The van der Waals surface area contributed by atoms with Crippen LogP contribution in [-0.4, -0.2) is 56.8 Å². The molecule has 0 spiro atoms. The molecular formula is C29H29N5O9S. The summed E-state index contributed by atoms with van der Waals surface area (Å²) in [6.07, 6.45) is 2.58. The van der Waals surface area contributed by atoms with Crippen LogP contribution in [0.2, 0.25) is 0 Å². The molecule has 0 saturated carbocycles. The van der Waals surface area contributed by atoms with Crippen LogP contribution in [0.5, 0.6) is 23.0 Å². The van der Waals surface area contributed by atoms with Crippen molar-refractivity contribution in [3.8, 4) is 34.1 Å². The molecule has 4 aromatic rings. The standard InChI is InChI=1S/C29H29N5O9S/c1-40-24-12-10-19-20(14-23(24)35)21(11-9-17-13-25(41-2)28(42-3)29(43-4)27(17)19)33-16-18(31-32-33)15-30-44(38,39)26-8-6-5-7-22(26)34(36)37/h5-8,10,12-14,16,21,30H,9,11,15H2,1-4H3/t21-/m0/s1. The maximum absolute atomic E-state index is 13.2. The first-order valence-corrected chi connectivity index (χ1v) is 14.8. The van der Waals surface area contributed by atoms with Crippen LogP contribution in [0.4, 0.5) is 5.69 Å². The highest BCUT2D eigenvalue weighted by atomic mass is 32.2. The van der Waals surface area contributed by atoms with Crippen LogP contribution in [0.1, 0.15) is 29.3 Å². The molecule has 1 aliphatic rings. The number of nitrogens with one attached hydrogen (secondary N) is 1. The van der Waals surface area contributed by atoms with Crippen LogP contribution in [0.25, 0.3) is 11.1 Å². The summed E-state index contributed by atoms with van der Waals surface area (Å²) < 4.78 is 52.1. The molecule has 15 heteroatoms. The lowest BCUT2D eigenvalue weighted by atomic mass is 9.95. The number of sulfonamides is 1. The SMILES string of the molecule is COc1cc2c(c(OC)c1OC)-c1ccc(OC)c(=O)cc1[C@@H](n1cc(CNS(=O)(=O)c3ccccc3[N+](=O)[O-])nn1)CC2. The van der Waals surface area contributed by atoms with Crippen LogP contribution in [0, 0.1) is 10.1 Å². The van der Waals surface area contributed by atoms with Crippen LogP contribution >= 0.6 is 0 Å². The Hall–Kier alpha value is -5.02. The first-order chi connectivity index (χ1) is 21.1. The number of aromatic nitrogens is 3. The number of fused-ring (bicyclic) bond motifs is 3. The van der Waals surface area contributed by atoms with Crippen molar-refractivity contribution in [1.82, 2.24) is 19.7 Å². The minimum absolute atomic E-state index is 0.140. The molecular weight excluding hydrogens is 594 g/mol. The average molecular weight is 624 g/mol. The molecule has 1 aromatic heterocycles. The number of para-hydroxylation sites is 1. The number of methoxy groups -OCH3 is 4. The fraction of sp³-hybridized carbons (Fsp3) is 0.276. The second kappa shape index (κ2) is 12.3.